The van der Waals surface area contributed by atoms with Crippen molar-refractivity contribution < 1.29 is 14.6 Å². The molecule has 0 unspecified atom stereocenters. The van der Waals surface area contributed by atoms with Crippen LogP contribution in [0.4, 0.5) is 0 Å². The zero-order valence-corrected chi connectivity index (χ0v) is 20.5. The smallest absolute Gasteiger partial charge is 0.341 e. The molecular formula is C23H18I2O3S. The molecule has 0 aromatic heterocycles. The third-order valence-electron chi connectivity index (χ3n) is 4.04. The summed E-state index contributed by atoms with van der Waals surface area (Å²) in [5, 5.41) is 8.74. The molecule has 3 aromatic carbocycles. The number of halogens is 2. The van der Waals surface area contributed by atoms with Gasteiger partial charge in [-0.15, -0.1) is 11.8 Å². The third kappa shape index (κ3) is 6.48. The lowest BCUT2D eigenvalue weighted by Crippen LogP contribution is -2.09. The Morgan fingerprint density at radius 1 is 0.966 bits per heavy atom. The topological polar surface area (TPSA) is 46.5 Å². The number of hydrogen-bond donors (Lipinski definition) is 1. The molecule has 0 bridgehead atoms. The van der Waals surface area contributed by atoms with Crippen molar-refractivity contribution in [1.29, 1.82) is 0 Å². The Balaban J connectivity index is 1.78. The van der Waals surface area contributed by atoms with E-state index in [9.17, 15) is 4.79 Å². The molecule has 0 atom stereocenters. The minimum atomic E-state index is -0.979. The number of carboxylic acid groups (broad SMARTS) is 1. The highest BCUT2D eigenvalue weighted by Gasteiger charge is 2.09. The lowest BCUT2D eigenvalue weighted by Gasteiger charge is -2.11. The van der Waals surface area contributed by atoms with Crippen LogP contribution in [0.15, 0.2) is 83.8 Å². The summed E-state index contributed by atoms with van der Waals surface area (Å²) >= 11 is 6.39. The summed E-state index contributed by atoms with van der Waals surface area (Å²) in [5.74, 6) is 0.411. The van der Waals surface area contributed by atoms with Gasteiger partial charge in [-0.1, -0.05) is 54.6 Å². The Hall–Kier alpha value is -1.52. The molecule has 3 rings (SSSR count). The van der Waals surface area contributed by atoms with E-state index in [1.807, 2.05) is 24.3 Å². The van der Waals surface area contributed by atoms with E-state index >= 15 is 0 Å². The molecule has 3 aromatic rings. The molecule has 6 heteroatoms. The predicted octanol–water partition coefficient (Wildman–Crippen LogP) is 6.58. The van der Waals surface area contributed by atoms with Crippen LogP contribution in [0.1, 0.15) is 11.1 Å². The molecular weight excluding hydrogens is 610 g/mol. The van der Waals surface area contributed by atoms with E-state index in [0.717, 1.165) is 14.2 Å². The summed E-state index contributed by atoms with van der Waals surface area (Å²) in [6.45, 7) is -0.332. The third-order valence-corrected chi connectivity index (χ3v) is 7.24. The monoisotopic (exact) mass is 628 g/mol. The second-order valence-corrected chi connectivity index (χ2v) is 9.44. The van der Waals surface area contributed by atoms with Crippen LogP contribution < -0.4 is 4.74 Å². The van der Waals surface area contributed by atoms with Gasteiger partial charge in [0.15, 0.2) is 6.61 Å². The Morgan fingerprint density at radius 3 is 2.38 bits per heavy atom. The van der Waals surface area contributed by atoms with E-state index in [1.54, 1.807) is 11.8 Å². The molecule has 148 valence electrons. The number of carbonyl (C=O) groups is 1. The second kappa shape index (κ2) is 11.0. The van der Waals surface area contributed by atoms with Gasteiger partial charge in [0.05, 0.1) is 0 Å². The standard InChI is InChI=1S/C23H18I2O3S/c24-20-9-5-4-8-19(20)18(16-6-2-1-3-7-16)12-13-29-22-11-10-17(14-21(22)25)28-15-23(26)27/h1-12,14H,13,15H2,(H,26,27). The Labute approximate surface area is 201 Å². The molecule has 0 saturated carbocycles. The quantitative estimate of drug-likeness (QED) is 0.226. The van der Waals surface area contributed by atoms with E-state index in [0.29, 0.717) is 5.75 Å². The zero-order valence-electron chi connectivity index (χ0n) is 15.3. The molecule has 0 fully saturated rings. The fourth-order valence-electron chi connectivity index (χ4n) is 2.73. The predicted molar refractivity (Wildman–Crippen MR) is 136 cm³/mol. The van der Waals surface area contributed by atoms with Crippen LogP contribution in [-0.2, 0) is 4.79 Å². The molecule has 0 aliphatic heterocycles. The SMILES string of the molecule is O=C(O)COc1ccc(SCC=C(c2ccccc2)c2ccccc2I)c(I)c1. The number of ether oxygens (including phenoxy) is 1. The van der Waals surface area contributed by atoms with E-state index in [-0.39, 0.29) is 6.61 Å². The van der Waals surface area contributed by atoms with Gasteiger partial charge in [0, 0.05) is 17.8 Å². The fourth-order valence-corrected chi connectivity index (χ4v) is 5.15. The molecule has 0 spiro atoms. The lowest BCUT2D eigenvalue weighted by atomic mass is 9.98. The number of thioether (sulfide) groups is 1. The van der Waals surface area contributed by atoms with Gasteiger partial charge in [-0.3, -0.25) is 0 Å². The van der Waals surface area contributed by atoms with Crippen LogP contribution in [-0.4, -0.2) is 23.4 Å². The minimum absolute atomic E-state index is 0.332. The van der Waals surface area contributed by atoms with E-state index < -0.39 is 5.97 Å². The molecule has 3 nitrogen and oxygen atoms in total. The van der Waals surface area contributed by atoms with Crippen molar-refractivity contribution in [1.82, 2.24) is 0 Å². The van der Waals surface area contributed by atoms with Crippen LogP contribution in [0, 0.1) is 7.14 Å². The van der Waals surface area contributed by atoms with Crippen molar-refractivity contribution in [2.75, 3.05) is 12.4 Å². The normalized spacial score (nSPS) is 11.3. The van der Waals surface area contributed by atoms with Crippen LogP contribution in [0.3, 0.4) is 0 Å². The van der Waals surface area contributed by atoms with Gasteiger partial charge in [0.2, 0.25) is 0 Å². The van der Waals surface area contributed by atoms with Gasteiger partial charge in [-0.25, -0.2) is 4.79 Å². The van der Waals surface area contributed by atoms with Gasteiger partial charge in [-0.05, 0) is 86.1 Å². The summed E-state index contributed by atoms with van der Waals surface area (Å²) in [7, 11) is 0. The molecule has 1 N–H and O–H groups in total. The molecule has 0 amide bonds. The summed E-state index contributed by atoms with van der Waals surface area (Å²) in [6.07, 6.45) is 2.27. The maximum Gasteiger partial charge on any atom is 0.341 e. The van der Waals surface area contributed by atoms with Gasteiger partial charge in [0.25, 0.3) is 0 Å². The molecule has 0 aliphatic rings. The largest absolute Gasteiger partial charge is 0.482 e. The van der Waals surface area contributed by atoms with Crippen LogP contribution in [0.2, 0.25) is 0 Å². The zero-order chi connectivity index (χ0) is 20.6. The van der Waals surface area contributed by atoms with Gasteiger partial charge in [-0.2, -0.15) is 0 Å². The Bertz CT molecular complexity index is 1020. The maximum absolute atomic E-state index is 10.6. The van der Waals surface area contributed by atoms with Crippen LogP contribution in [0.25, 0.3) is 5.57 Å². The van der Waals surface area contributed by atoms with Crippen molar-refractivity contribution >= 4 is 68.5 Å². The maximum atomic E-state index is 10.6. The Morgan fingerprint density at radius 2 is 1.69 bits per heavy atom. The Kier molecular flexibility index (Phi) is 8.43. The average Bonchev–Trinajstić information content (AvgIpc) is 2.72. The summed E-state index contributed by atoms with van der Waals surface area (Å²) < 4.78 is 7.51. The average molecular weight is 628 g/mol. The first-order valence-electron chi connectivity index (χ1n) is 8.82. The van der Waals surface area contributed by atoms with Crippen molar-refractivity contribution in [3.63, 3.8) is 0 Å². The number of benzene rings is 3. The van der Waals surface area contributed by atoms with Crippen molar-refractivity contribution in [2.45, 2.75) is 4.90 Å². The summed E-state index contributed by atoms with van der Waals surface area (Å²) in [4.78, 5) is 11.8. The highest BCUT2D eigenvalue weighted by Crippen LogP contribution is 2.31. The first-order valence-corrected chi connectivity index (χ1v) is 12.0. The minimum Gasteiger partial charge on any atom is -0.482 e. The van der Waals surface area contributed by atoms with E-state index in [2.05, 4.69) is 99.8 Å². The molecule has 0 aliphatic carbocycles. The first kappa shape index (κ1) is 22.2. The highest BCUT2D eigenvalue weighted by molar-refractivity contribution is 14.1. The highest BCUT2D eigenvalue weighted by atomic mass is 127. The lowest BCUT2D eigenvalue weighted by molar-refractivity contribution is -0.139. The first-order chi connectivity index (χ1) is 14.0. The summed E-state index contributed by atoms with van der Waals surface area (Å²) in [6, 6.07) is 24.5. The second-order valence-electron chi connectivity index (χ2n) is 6.05. The van der Waals surface area contributed by atoms with Gasteiger partial charge in [0.1, 0.15) is 5.75 Å². The fraction of sp³-hybridized carbons (Fsp3) is 0.0870. The van der Waals surface area contributed by atoms with Crippen molar-refractivity contribution in [3.8, 4) is 5.75 Å². The van der Waals surface area contributed by atoms with Crippen LogP contribution >= 0.6 is 56.9 Å². The number of aliphatic carboxylic acids is 1. The molecule has 0 radical (unpaired) electrons. The number of rotatable bonds is 8. The molecule has 0 heterocycles. The molecule has 0 saturated heterocycles. The van der Waals surface area contributed by atoms with E-state index in [1.165, 1.54) is 20.3 Å². The number of carboxylic acids is 1. The van der Waals surface area contributed by atoms with Crippen molar-refractivity contribution in [2.24, 2.45) is 0 Å². The van der Waals surface area contributed by atoms with Gasteiger partial charge < -0.3 is 9.84 Å². The summed E-state index contributed by atoms with van der Waals surface area (Å²) in [5.41, 5.74) is 3.65. The molecule has 29 heavy (non-hydrogen) atoms. The number of hydrogen-bond acceptors (Lipinski definition) is 3. The van der Waals surface area contributed by atoms with Crippen LogP contribution in [0.5, 0.6) is 5.75 Å². The van der Waals surface area contributed by atoms with Gasteiger partial charge >= 0.3 is 5.97 Å². The van der Waals surface area contributed by atoms with E-state index in [4.69, 9.17) is 9.84 Å². The van der Waals surface area contributed by atoms with Crippen molar-refractivity contribution in [3.05, 3.63) is 97.1 Å².